The molecule has 3 aliphatic rings. The molecule has 0 saturated heterocycles. The Kier molecular flexibility index (Phi) is 2.89. The fourth-order valence-electron chi connectivity index (χ4n) is 4.75. The second-order valence-corrected chi connectivity index (χ2v) is 7.45. The summed E-state index contributed by atoms with van der Waals surface area (Å²) in [5.41, 5.74) is 5.66. The molecule has 3 atom stereocenters. The van der Waals surface area contributed by atoms with Crippen molar-refractivity contribution in [3.05, 3.63) is 46.5 Å². The molecule has 0 amide bonds. The summed E-state index contributed by atoms with van der Waals surface area (Å²) in [6.45, 7) is 4.50. The zero-order valence-electron chi connectivity index (χ0n) is 13.1. The van der Waals surface area contributed by atoms with Crippen LogP contribution in [0, 0.1) is 11.3 Å². The van der Waals surface area contributed by atoms with Crippen LogP contribution in [0.1, 0.15) is 62.1 Å². The molecule has 1 heteroatoms. The van der Waals surface area contributed by atoms with Gasteiger partial charge in [0.2, 0.25) is 0 Å². The number of allylic oxidation sites excluding steroid dienone is 2. The zero-order chi connectivity index (χ0) is 14.6. The highest BCUT2D eigenvalue weighted by Crippen LogP contribution is 2.56. The summed E-state index contributed by atoms with van der Waals surface area (Å²) in [7, 11) is 0. The fourth-order valence-corrected chi connectivity index (χ4v) is 4.75. The van der Waals surface area contributed by atoms with E-state index < -0.39 is 0 Å². The minimum absolute atomic E-state index is 0.0328. The summed E-state index contributed by atoms with van der Waals surface area (Å²) in [5, 5.41) is 0. The van der Waals surface area contributed by atoms with Crippen LogP contribution in [0.15, 0.2) is 29.8 Å². The van der Waals surface area contributed by atoms with E-state index >= 15 is 0 Å². The van der Waals surface area contributed by atoms with Crippen molar-refractivity contribution in [1.82, 2.24) is 0 Å². The van der Waals surface area contributed by atoms with Crippen LogP contribution in [-0.2, 0) is 17.6 Å². The average Bonchev–Trinajstić information content (AvgIpc) is 3.08. The summed E-state index contributed by atoms with van der Waals surface area (Å²) < 4.78 is 0. The van der Waals surface area contributed by atoms with Gasteiger partial charge in [-0.15, -0.1) is 0 Å². The molecule has 1 saturated carbocycles. The Hall–Kier alpha value is -1.37. The lowest BCUT2D eigenvalue weighted by atomic mass is 9.63. The van der Waals surface area contributed by atoms with Gasteiger partial charge in [-0.1, -0.05) is 43.7 Å². The first kappa shape index (κ1) is 13.3. The number of rotatable bonds is 2. The minimum Gasteiger partial charge on any atom is -0.299 e. The summed E-state index contributed by atoms with van der Waals surface area (Å²) >= 11 is 0. The Morgan fingerprint density at radius 2 is 2.14 bits per heavy atom. The Morgan fingerprint density at radius 3 is 2.81 bits per heavy atom. The van der Waals surface area contributed by atoms with Gasteiger partial charge in [-0.05, 0) is 60.6 Å². The lowest BCUT2D eigenvalue weighted by Crippen LogP contribution is -2.42. The van der Waals surface area contributed by atoms with E-state index in [9.17, 15) is 4.79 Å². The molecule has 0 aliphatic heterocycles. The highest BCUT2D eigenvalue weighted by atomic mass is 16.1. The van der Waals surface area contributed by atoms with E-state index in [0.29, 0.717) is 24.0 Å². The SMILES string of the molecule is CCC(C)c1ccc2c(c1)CC(=O)C1(CC3=CCC1C3)C2. The fraction of sp³-hybridized carbons (Fsp3) is 0.550. The quantitative estimate of drug-likeness (QED) is 0.724. The van der Waals surface area contributed by atoms with Crippen molar-refractivity contribution in [3.8, 4) is 0 Å². The van der Waals surface area contributed by atoms with Crippen molar-refractivity contribution in [2.75, 3.05) is 0 Å². The van der Waals surface area contributed by atoms with Crippen molar-refractivity contribution < 1.29 is 4.79 Å². The molecule has 1 aromatic rings. The molecule has 1 nitrogen and oxygen atoms in total. The third-order valence-electron chi connectivity index (χ3n) is 6.35. The van der Waals surface area contributed by atoms with Crippen molar-refractivity contribution >= 4 is 5.78 Å². The van der Waals surface area contributed by atoms with Gasteiger partial charge in [0.05, 0.1) is 0 Å². The van der Waals surface area contributed by atoms with E-state index in [1.165, 1.54) is 23.1 Å². The molecule has 21 heavy (non-hydrogen) atoms. The van der Waals surface area contributed by atoms with E-state index in [4.69, 9.17) is 0 Å². The van der Waals surface area contributed by atoms with Gasteiger partial charge >= 0.3 is 0 Å². The number of fused-ring (bicyclic) bond motifs is 4. The van der Waals surface area contributed by atoms with Crippen LogP contribution >= 0.6 is 0 Å². The zero-order valence-corrected chi connectivity index (χ0v) is 13.1. The molecule has 0 radical (unpaired) electrons. The maximum Gasteiger partial charge on any atom is 0.144 e. The van der Waals surface area contributed by atoms with Crippen LogP contribution in [0.4, 0.5) is 0 Å². The molecule has 3 unspecified atom stereocenters. The molecule has 1 fully saturated rings. The van der Waals surface area contributed by atoms with Gasteiger partial charge in [-0.2, -0.15) is 0 Å². The standard InChI is InChI=1S/C20H24O/c1-3-13(2)15-5-6-16-12-20(19(21)10-17(16)9-15)11-14-4-7-18(20)8-14/h4-6,9,13,18H,3,7-8,10-12H2,1-2H3. The van der Waals surface area contributed by atoms with Gasteiger partial charge in [0, 0.05) is 11.8 Å². The molecule has 1 aromatic carbocycles. The predicted octanol–water partition coefficient (Wildman–Crippen LogP) is 4.59. The van der Waals surface area contributed by atoms with E-state index in [-0.39, 0.29) is 5.41 Å². The van der Waals surface area contributed by atoms with Gasteiger partial charge in [-0.3, -0.25) is 4.79 Å². The normalized spacial score (nSPS) is 31.4. The van der Waals surface area contributed by atoms with E-state index in [1.54, 1.807) is 5.57 Å². The second kappa shape index (κ2) is 4.56. The molecule has 4 rings (SSSR count). The number of hydrogen-bond acceptors (Lipinski definition) is 1. The first-order valence-electron chi connectivity index (χ1n) is 8.45. The molecule has 0 aromatic heterocycles. The maximum atomic E-state index is 12.9. The van der Waals surface area contributed by atoms with Gasteiger partial charge in [0.25, 0.3) is 0 Å². The third kappa shape index (κ3) is 1.86. The molecular weight excluding hydrogens is 256 g/mol. The van der Waals surface area contributed by atoms with Crippen LogP contribution in [0.2, 0.25) is 0 Å². The van der Waals surface area contributed by atoms with Crippen LogP contribution in [0.5, 0.6) is 0 Å². The number of carbonyl (C=O) groups is 1. The topological polar surface area (TPSA) is 17.1 Å². The average molecular weight is 280 g/mol. The molecular formula is C20H24O. The highest BCUT2D eigenvalue weighted by molar-refractivity contribution is 5.90. The summed E-state index contributed by atoms with van der Waals surface area (Å²) in [4.78, 5) is 12.9. The Morgan fingerprint density at radius 1 is 1.29 bits per heavy atom. The minimum atomic E-state index is -0.0328. The molecule has 3 aliphatic carbocycles. The van der Waals surface area contributed by atoms with Crippen LogP contribution in [-0.4, -0.2) is 5.78 Å². The third-order valence-corrected chi connectivity index (χ3v) is 6.35. The van der Waals surface area contributed by atoms with E-state index in [2.05, 4.69) is 38.1 Å². The van der Waals surface area contributed by atoms with Crippen molar-refractivity contribution in [2.45, 2.75) is 58.3 Å². The van der Waals surface area contributed by atoms with Crippen molar-refractivity contribution in [3.63, 3.8) is 0 Å². The van der Waals surface area contributed by atoms with Gasteiger partial charge in [0.15, 0.2) is 0 Å². The van der Waals surface area contributed by atoms with E-state index in [0.717, 1.165) is 25.7 Å². The Bertz CT molecular complexity index is 639. The van der Waals surface area contributed by atoms with Crippen molar-refractivity contribution in [2.24, 2.45) is 11.3 Å². The number of carbonyl (C=O) groups excluding carboxylic acids is 1. The van der Waals surface area contributed by atoms with Crippen LogP contribution < -0.4 is 0 Å². The largest absolute Gasteiger partial charge is 0.299 e. The lowest BCUT2D eigenvalue weighted by molar-refractivity contribution is -0.131. The van der Waals surface area contributed by atoms with Gasteiger partial charge in [-0.25, -0.2) is 0 Å². The number of benzene rings is 1. The monoisotopic (exact) mass is 280 g/mol. The number of hydrogen-bond donors (Lipinski definition) is 0. The first-order chi connectivity index (χ1) is 10.1. The second-order valence-electron chi connectivity index (χ2n) is 7.45. The molecule has 0 heterocycles. The van der Waals surface area contributed by atoms with Crippen LogP contribution in [0.25, 0.3) is 0 Å². The van der Waals surface area contributed by atoms with Crippen LogP contribution in [0.3, 0.4) is 0 Å². The molecule has 110 valence electrons. The maximum absolute atomic E-state index is 12.9. The number of ketones is 1. The summed E-state index contributed by atoms with van der Waals surface area (Å²) in [6.07, 6.45) is 8.57. The highest BCUT2D eigenvalue weighted by Gasteiger charge is 2.53. The molecule has 2 bridgehead atoms. The van der Waals surface area contributed by atoms with E-state index in [1.807, 2.05) is 0 Å². The smallest absolute Gasteiger partial charge is 0.144 e. The lowest BCUT2D eigenvalue weighted by Gasteiger charge is -2.39. The van der Waals surface area contributed by atoms with Gasteiger partial charge in [0.1, 0.15) is 5.78 Å². The first-order valence-corrected chi connectivity index (χ1v) is 8.45. The predicted molar refractivity (Wildman–Crippen MR) is 85.4 cm³/mol. The van der Waals surface area contributed by atoms with Gasteiger partial charge < -0.3 is 0 Å². The Labute approximate surface area is 127 Å². The molecule has 0 N–H and O–H groups in total. The summed E-state index contributed by atoms with van der Waals surface area (Å²) in [5.74, 6) is 1.71. The molecule has 1 spiro atoms. The van der Waals surface area contributed by atoms with Crippen molar-refractivity contribution in [1.29, 1.82) is 0 Å². The summed E-state index contributed by atoms with van der Waals surface area (Å²) in [6, 6.07) is 6.91. The number of Topliss-reactive ketones (excluding diaryl/α,β-unsaturated/α-hetero) is 1. The Balaban J connectivity index is 1.70.